The number of phenolic OH excluding ortho intramolecular Hbond substituents is 1. The number of carboxylic acids is 1. The van der Waals surface area contributed by atoms with Gasteiger partial charge in [-0.25, -0.2) is 9.18 Å². The Morgan fingerprint density at radius 1 is 1.44 bits per heavy atom. The SMILES string of the molecule is CC(=O)NC(C(=O)O)c1ccc(O)c(F)c1. The zero-order valence-electron chi connectivity index (χ0n) is 8.40. The summed E-state index contributed by atoms with van der Waals surface area (Å²) < 4.78 is 13.0. The summed E-state index contributed by atoms with van der Waals surface area (Å²) in [7, 11) is 0. The molecule has 0 aromatic heterocycles. The average Bonchev–Trinajstić information content (AvgIpc) is 2.18. The van der Waals surface area contributed by atoms with Crippen LogP contribution in [0, 0.1) is 5.82 Å². The highest BCUT2D eigenvalue weighted by Gasteiger charge is 2.21. The monoisotopic (exact) mass is 227 g/mol. The first-order chi connectivity index (χ1) is 7.41. The molecule has 16 heavy (non-hydrogen) atoms. The van der Waals surface area contributed by atoms with E-state index in [0.29, 0.717) is 0 Å². The molecule has 1 amide bonds. The Morgan fingerprint density at radius 2 is 2.06 bits per heavy atom. The summed E-state index contributed by atoms with van der Waals surface area (Å²) in [6, 6.07) is 1.80. The Bertz CT molecular complexity index is 433. The van der Waals surface area contributed by atoms with Crippen molar-refractivity contribution in [2.24, 2.45) is 0 Å². The van der Waals surface area contributed by atoms with E-state index in [0.717, 1.165) is 19.1 Å². The fraction of sp³-hybridized carbons (Fsp3) is 0.200. The van der Waals surface area contributed by atoms with E-state index in [-0.39, 0.29) is 5.56 Å². The Hall–Kier alpha value is -2.11. The van der Waals surface area contributed by atoms with E-state index in [1.54, 1.807) is 0 Å². The number of hydrogen-bond acceptors (Lipinski definition) is 3. The molecule has 1 atom stereocenters. The molecule has 0 aliphatic rings. The predicted molar refractivity (Wildman–Crippen MR) is 52.3 cm³/mol. The topological polar surface area (TPSA) is 86.6 Å². The lowest BCUT2D eigenvalue weighted by atomic mass is 10.1. The molecule has 3 N–H and O–H groups in total. The van der Waals surface area contributed by atoms with Gasteiger partial charge < -0.3 is 15.5 Å². The van der Waals surface area contributed by atoms with E-state index >= 15 is 0 Å². The molecule has 0 heterocycles. The number of amides is 1. The molecule has 0 bridgehead atoms. The summed E-state index contributed by atoms with van der Waals surface area (Å²) in [5.74, 6) is -3.36. The molecular weight excluding hydrogens is 217 g/mol. The number of halogens is 1. The van der Waals surface area contributed by atoms with E-state index in [1.807, 2.05) is 0 Å². The zero-order valence-corrected chi connectivity index (χ0v) is 8.40. The molecule has 1 aromatic carbocycles. The van der Waals surface area contributed by atoms with Crippen LogP contribution in [0.5, 0.6) is 5.75 Å². The van der Waals surface area contributed by atoms with Crippen LogP contribution in [-0.4, -0.2) is 22.1 Å². The number of aromatic hydroxyl groups is 1. The highest BCUT2D eigenvalue weighted by molar-refractivity contribution is 5.83. The van der Waals surface area contributed by atoms with Crippen LogP contribution >= 0.6 is 0 Å². The number of carbonyl (C=O) groups excluding carboxylic acids is 1. The number of aliphatic carboxylic acids is 1. The van der Waals surface area contributed by atoms with Gasteiger partial charge in [-0.05, 0) is 17.7 Å². The lowest BCUT2D eigenvalue weighted by molar-refractivity contribution is -0.141. The minimum atomic E-state index is -1.33. The molecule has 0 spiro atoms. The van der Waals surface area contributed by atoms with Crippen LogP contribution in [0.4, 0.5) is 4.39 Å². The van der Waals surface area contributed by atoms with Crippen LogP contribution in [0.2, 0.25) is 0 Å². The van der Waals surface area contributed by atoms with Crippen molar-refractivity contribution in [1.29, 1.82) is 0 Å². The first kappa shape index (κ1) is 12.0. The Labute approximate surface area is 90.5 Å². The fourth-order valence-corrected chi connectivity index (χ4v) is 1.19. The molecule has 1 rings (SSSR count). The Balaban J connectivity index is 3.06. The Morgan fingerprint density at radius 3 is 2.50 bits per heavy atom. The van der Waals surface area contributed by atoms with Crippen LogP contribution in [0.3, 0.4) is 0 Å². The molecule has 1 aromatic rings. The summed E-state index contributed by atoms with van der Waals surface area (Å²) in [6.07, 6.45) is 0. The van der Waals surface area contributed by atoms with Gasteiger partial charge in [-0.15, -0.1) is 0 Å². The number of rotatable bonds is 3. The van der Waals surface area contributed by atoms with Crippen LogP contribution in [-0.2, 0) is 9.59 Å². The number of carboxylic acid groups (broad SMARTS) is 1. The lowest BCUT2D eigenvalue weighted by Gasteiger charge is -2.13. The second kappa shape index (κ2) is 4.61. The molecule has 0 aliphatic carbocycles. The number of hydrogen-bond donors (Lipinski definition) is 3. The third-order valence-corrected chi connectivity index (χ3v) is 1.90. The summed E-state index contributed by atoms with van der Waals surface area (Å²) in [4.78, 5) is 21.6. The summed E-state index contributed by atoms with van der Waals surface area (Å²) in [6.45, 7) is 1.16. The van der Waals surface area contributed by atoms with Gasteiger partial charge in [0.2, 0.25) is 5.91 Å². The minimum Gasteiger partial charge on any atom is -0.505 e. The number of nitrogens with one attached hydrogen (secondary N) is 1. The standard InChI is InChI=1S/C10H10FNO4/c1-5(13)12-9(10(15)16)6-2-3-8(14)7(11)4-6/h2-4,9,14H,1H3,(H,12,13)(H,15,16). The first-order valence-electron chi connectivity index (χ1n) is 4.40. The van der Waals surface area contributed by atoms with Crippen molar-refractivity contribution in [1.82, 2.24) is 5.32 Å². The van der Waals surface area contributed by atoms with Gasteiger partial charge >= 0.3 is 5.97 Å². The maximum absolute atomic E-state index is 13.0. The average molecular weight is 227 g/mol. The summed E-state index contributed by atoms with van der Waals surface area (Å²) in [5.41, 5.74) is 0.0537. The summed E-state index contributed by atoms with van der Waals surface area (Å²) >= 11 is 0. The number of carbonyl (C=O) groups is 2. The van der Waals surface area contributed by atoms with Crippen molar-refractivity contribution in [2.75, 3.05) is 0 Å². The number of benzene rings is 1. The molecule has 5 nitrogen and oxygen atoms in total. The van der Waals surface area contributed by atoms with Crippen molar-refractivity contribution >= 4 is 11.9 Å². The van der Waals surface area contributed by atoms with Crippen LogP contribution in [0.15, 0.2) is 18.2 Å². The van der Waals surface area contributed by atoms with E-state index in [2.05, 4.69) is 5.32 Å². The molecule has 0 radical (unpaired) electrons. The van der Waals surface area contributed by atoms with E-state index in [1.165, 1.54) is 6.07 Å². The molecule has 0 saturated carbocycles. The van der Waals surface area contributed by atoms with Crippen molar-refractivity contribution in [3.63, 3.8) is 0 Å². The highest BCUT2D eigenvalue weighted by atomic mass is 19.1. The zero-order chi connectivity index (χ0) is 12.3. The molecule has 0 saturated heterocycles. The van der Waals surface area contributed by atoms with Gasteiger partial charge in [0.15, 0.2) is 17.6 Å². The molecule has 86 valence electrons. The third kappa shape index (κ3) is 2.69. The molecule has 1 unspecified atom stereocenters. The van der Waals surface area contributed by atoms with Crippen LogP contribution in [0.1, 0.15) is 18.5 Å². The van der Waals surface area contributed by atoms with Crippen LogP contribution in [0.25, 0.3) is 0 Å². The quantitative estimate of drug-likeness (QED) is 0.712. The van der Waals surface area contributed by atoms with Gasteiger partial charge in [-0.3, -0.25) is 4.79 Å². The molecular formula is C10H10FNO4. The minimum absolute atomic E-state index is 0.0537. The second-order valence-corrected chi connectivity index (χ2v) is 3.18. The molecule has 6 heteroatoms. The van der Waals surface area contributed by atoms with E-state index in [9.17, 15) is 14.0 Å². The van der Waals surface area contributed by atoms with Crippen molar-refractivity contribution < 1.29 is 24.2 Å². The largest absolute Gasteiger partial charge is 0.505 e. The molecule has 0 fully saturated rings. The van der Waals surface area contributed by atoms with E-state index in [4.69, 9.17) is 10.2 Å². The normalized spacial score (nSPS) is 11.9. The van der Waals surface area contributed by atoms with Gasteiger partial charge in [0.25, 0.3) is 0 Å². The van der Waals surface area contributed by atoms with Crippen molar-refractivity contribution in [3.05, 3.63) is 29.6 Å². The summed E-state index contributed by atoms with van der Waals surface area (Å²) in [5, 5.41) is 19.9. The fourth-order valence-electron chi connectivity index (χ4n) is 1.19. The van der Waals surface area contributed by atoms with Gasteiger partial charge in [0.1, 0.15) is 0 Å². The maximum Gasteiger partial charge on any atom is 0.330 e. The third-order valence-electron chi connectivity index (χ3n) is 1.90. The van der Waals surface area contributed by atoms with Crippen molar-refractivity contribution in [2.45, 2.75) is 13.0 Å². The van der Waals surface area contributed by atoms with Crippen molar-refractivity contribution in [3.8, 4) is 5.75 Å². The Kier molecular flexibility index (Phi) is 3.44. The van der Waals surface area contributed by atoms with E-state index < -0.39 is 29.5 Å². The van der Waals surface area contributed by atoms with Crippen LogP contribution < -0.4 is 5.32 Å². The van der Waals surface area contributed by atoms with Gasteiger partial charge in [0, 0.05) is 6.92 Å². The first-order valence-corrected chi connectivity index (χ1v) is 4.40. The van der Waals surface area contributed by atoms with Gasteiger partial charge in [-0.1, -0.05) is 6.07 Å². The van der Waals surface area contributed by atoms with Gasteiger partial charge in [0.05, 0.1) is 0 Å². The maximum atomic E-state index is 13.0. The van der Waals surface area contributed by atoms with Gasteiger partial charge in [-0.2, -0.15) is 0 Å². The molecule has 0 aliphatic heterocycles. The lowest BCUT2D eigenvalue weighted by Crippen LogP contribution is -2.32. The highest BCUT2D eigenvalue weighted by Crippen LogP contribution is 2.21. The second-order valence-electron chi connectivity index (χ2n) is 3.18. The smallest absolute Gasteiger partial charge is 0.330 e. The number of phenols is 1. The predicted octanol–water partition coefficient (Wildman–Crippen LogP) is 0.793.